The number of nitrogens with zero attached hydrogens (tertiary/aromatic N) is 3. The number of aromatic amines is 1. The molecular weight excluding hydrogens is 404 g/mol. The average molecular weight is 435 g/mol. The van der Waals surface area contributed by atoms with Crippen molar-refractivity contribution in [3.63, 3.8) is 0 Å². The highest BCUT2D eigenvalue weighted by atomic mass is 16.5. The quantitative estimate of drug-likeness (QED) is 0.594. The van der Waals surface area contributed by atoms with Crippen LogP contribution in [0.2, 0.25) is 0 Å². The Hall–Kier alpha value is -2.90. The van der Waals surface area contributed by atoms with Crippen LogP contribution in [0.25, 0.3) is 16.5 Å². The summed E-state index contributed by atoms with van der Waals surface area (Å²) in [4.78, 5) is 36.5. The lowest BCUT2D eigenvalue weighted by Gasteiger charge is -2.35. The molecule has 0 spiro atoms. The molecule has 3 heterocycles. The minimum absolute atomic E-state index is 0.152. The van der Waals surface area contributed by atoms with Gasteiger partial charge in [0, 0.05) is 48.3 Å². The minimum Gasteiger partial charge on any atom is -0.496 e. The molecule has 1 aromatic heterocycles. The summed E-state index contributed by atoms with van der Waals surface area (Å²) in [7, 11) is 3.74. The molecule has 1 fully saturated rings. The predicted octanol–water partition coefficient (Wildman–Crippen LogP) is 2.79. The first-order valence-corrected chi connectivity index (χ1v) is 11.3. The maximum absolute atomic E-state index is 13.6. The third-order valence-electron chi connectivity index (χ3n) is 7.06. The molecule has 2 aliphatic heterocycles. The lowest BCUT2D eigenvalue weighted by molar-refractivity contribution is -0.144. The van der Waals surface area contributed by atoms with Crippen molar-refractivity contribution in [2.45, 2.75) is 25.7 Å². The van der Waals surface area contributed by atoms with E-state index >= 15 is 0 Å². The van der Waals surface area contributed by atoms with Gasteiger partial charge >= 0.3 is 0 Å². The topological polar surface area (TPSA) is 68.9 Å². The van der Waals surface area contributed by atoms with Gasteiger partial charge in [-0.2, -0.15) is 0 Å². The Kier molecular flexibility index (Phi) is 5.39. The van der Waals surface area contributed by atoms with Crippen molar-refractivity contribution in [1.29, 1.82) is 0 Å². The molecule has 1 N–H and O–H groups in total. The summed E-state index contributed by atoms with van der Waals surface area (Å²) < 4.78 is 5.64. The van der Waals surface area contributed by atoms with Crippen LogP contribution in [0, 0.1) is 0 Å². The molecule has 7 nitrogen and oxygen atoms in total. The first-order valence-electron chi connectivity index (χ1n) is 11.3. The number of nitrogens with one attached hydrogen (secondary N) is 1. The van der Waals surface area contributed by atoms with Gasteiger partial charge in [0.25, 0.3) is 5.91 Å². The fourth-order valence-corrected chi connectivity index (χ4v) is 5.22. The molecule has 2 amide bonds. The summed E-state index contributed by atoms with van der Waals surface area (Å²) in [5.41, 5.74) is 5.39. The van der Waals surface area contributed by atoms with Gasteiger partial charge in [-0.1, -0.05) is 12.6 Å². The Morgan fingerprint density at radius 2 is 1.84 bits per heavy atom. The van der Waals surface area contributed by atoms with E-state index in [1.54, 1.807) is 7.11 Å². The number of amides is 2. The summed E-state index contributed by atoms with van der Waals surface area (Å²) in [5.74, 6) is 0.289. The van der Waals surface area contributed by atoms with Crippen molar-refractivity contribution in [3.05, 3.63) is 47.2 Å². The third-order valence-corrected chi connectivity index (χ3v) is 7.06. The van der Waals surface area contributed by atoms with E-state index in [2.05, 4.69) is 28.4 Å². The predicted molar refractivity (Wildman–Crippen MR) is 124 cm³/mol. The number of allylic oxidation sites excluding steroid dienone is 1. The molecule has 2 aromatic rings. The monoisotopic (exact) mass is 434 g/mol. The van der Waals surface area contributed by atoms with E-state index in [9.17, 15) is 9.59 Å². The smallest absolute Gasteiger partial charge is 0.261 e. The molecule has 1 saturated heterocycles. The minimum atomic E-state index is -0.259. The van der Waals surface area contributed by atoms with Crippen molar-refractivity contribution in [2.75, 3.05) is 47.0 Å². The molecule has 0 saturated carbocycles. The molecule has 3 aliphatic rings. The SMILES string of the molecule is C=C1C(=O)N(CN2CCN(C)CC2)C(=O)Cc2c([nH]c3cccc(OC)c23)C2=C1CCC2. The number of carbonyl (C=O) groups excluding carboxylic acids is 2. The Labute approximate surface area is 188 Å². The van der Waals surface area contributed by atoms with Gasteiger partial charge in [-0.15, -0.1) is 0 Å². The second-order valence-corrected chi connectivity index (χ2v) is 9.02. The molecule has 0 atom stereocenters. The first-order chi connectivity index (χ1) is 15.5. The van der Waals surface area contributed by atoms with Crippen molar-refractivity contribution in [2.24, 2.45) is 0 Å². The Morgan fingerprint density at radius 1 is 1.09 bits per heavy atom. The number of H-pyrrole nitrogens is 1. The number of carbonyl (C=O) groups is 2. The van der Waals surface area contributed by atoms with Gasteiger partial charge in [0.05, 0.1) is 20.2 Å². The number of aromatic nitrogens is 1. The number of piperazine rings is 1. The number of imide groups is 1. The third kappa shape index (κ3) is 3.45. The molecule has 168 valence electrons. The second kappa shape index (κ2) is 8.22. The van der Waals surface area contributed by atoms with Gasteiger partial charge in [-0.25, -0.2) is 0 Å². The van der Waals surface area contributed by atoms with Gasteiger partial charge in [0.2, 0.25) is 5.91 Å². The zero-order valence-corrected chi connectivity index (χ0v) is 18.9. The highest BCUT2D eigenvalue weighted by Crippen LogP contribution is 2.43. The fraction of sp³-hybridized carbons (Fsp3) is 0.440. The lowest BCUT2D eigenvalue weighted by Crippen LogP contribution is -2.52. The summed E-state index contributed by atoms with van der Waals surface area (Å²) in [6.45, 7) is 7.99. The molecule has 1 aromatic carbocycles. The molecule has 0 radical (unpaired) electrons. The largest absolute Gasteiger partial charge is 0.496 e. The number of benzene rings is 1. The van der Waals surface area contributed by atoms with Crippen LogP contribution in [-0.2, 0) is 16.0 Å². The number of rotatable bonds is 3. The van der Waals surface area contributed by atoms with E-state index in [4.69, 9.17) is 4.74 Å². The van der Waals surface area contributed by atoms with E-state index in [-0.39, 0.29) is 18.2 Å². The summed E-state index contributed by atoms with van der Waals surface area (Å²) in [5, 5.41) is 0.927. The number of ether oxygens (including phenoxy) is 1. The molecule has 7 heteroatoms. The second-order valence-electron chi connectivity index (χ2n) is 9.02. The van der Waals surface area contributed by atoms with Crippen LogP contribution >= 0.6 is 0 Å². The van der Waals surface area contributed by atoms with Crippen molar-refractivity contribution in [3.8, 4) is 5.75 Å². The summed E-state index contributed by atoms with van der Waals surface area (Å²) >= 11 is 0. The van der Waals surface area contributed by atoms with Gasteiger partial charge < -0.3 is 14.6 Å². The lowest BCUT2D eigenvalue weighted by atomic mass is 9.97. The van der Waals surface area contributed by atoms with Crippen LogP contribution in [0.3, 0.4) is 0 Å². The zero-order chi connectivity index (χ0) is 22.4. The number of methoxy groups -OCH3 is 1. The number of fused-ring (bicyclic) bond motifs is 4. The van der Waals surface area contributed by atoms with E-state index in [1.165, 1.54) is 4.90 Å². The van der Waals surface area contributed by atoms with Gasteiger partial charge in [-0.05, 0) is 55.2 Å². The number of likely N-dealkylation sites (N-methyl/N-ethyl adjacent to an activating group) is 1. The van der Waals surface area contributed by atoms with Crippen LogP contribution in [0.4, 0.5) is 0 Å². The van der Waals surface area contributed by atoms with Crippen LogP contribution < -0.4 is 4.74 Å². The van der Waals surface area contributed by atoms with Crippen LogP contribution in [0.5, 0.6) is 5.75 Å². The van der Waals surface area contributed by atoms with Gasteiger partial charge in [0.15, 0.2) is 0 Å². The van der Waals surface area contributed by atoms with E-state index < -0.39 is 0 Å². The van der Waals surface area contributed by atoms with E-state index in [0.717, 1.165) is 84.5 Å². The first kappa shape index (κ1) is 21.0. The Morgan fingerprint density at radius 3 is 2.59 bits per heavy atom. The molecule has 32 heavy (non-hydrogen) atoms. The zero-order valence-electron chi connectivity index (χ0n) is 18.9. The van der Waals surface area contributed by atoms with Crippen molar-refractivity contribution < 1.29 is 14.3 Å². The van der Waals surface area contributed by atoms with Crippen LogP contribution in [0.15, 0.2) is 35.9 Å². The number of hydrogen-bond acceptors (Lipinski definition) is 5. The maximum Gasteiger partial charge on any atom is 0.261 e. The molecular formula is C25H30N4O3. The standard InChI is InChI=1S/C25H30N4O3/c1-16-17-6-4-7-18(17)24-19(23-20(26-24)8-5-9-21(23)32-3)14-22(30)29(25(16)31)15-28-12-10-27(2)11-13-28/h5,8-9,26H,1,4,6-7,10-15H2,2-3H3. The molecule has 0 unspecified atom stereocenters. The van der Waals surface area contributed by atoms with Crippen LogP contribution in [-0.4, -0.2) is 78.5 Å². The number of hydrogen-bond donors (Lipinski definition) is 1. The van der Waals surface area contributed by atoms with Crippen LogP contribution in [0.1, 0.15) is 30.5 Å². The maximum atomic E-state index is 13.6. The van der Waals surface area contributed by atoms with Crippen molar-refractivity contribution >= 4 is 28.3 Å². The normalized spacial score (nSPS) is 20.9. The molecule has 1 aliphatic carbocycles. The highest BCUT2D eigenvalue weighted by molar-refractivity contribution is 6.11. The molecule has 0 bridgehead atoms. The van der Waals surface area contributed by atoms with Gasteiger partial charge in [0.1, 0.15) is 5.75 Å². The summed E-state index contributed by atoms with van der Waals surface area (Å²) in [6.07, 6.45) is 2.81. The van der Waals surface area contributed by atoms with E-state index in [1.807, 2.05) is 18.2 Å². The van der Waals surface area contributed by atoms with Gasteiger partial charge in [-0.3, -0.25) is 19.4 Å². The molecule has 5 rings (SSSR count). The fourth-order valence-electron chi connectivity index (χ4n) is 5.22. The average Bonchev–Trinajstić information content (AvgIpc) is 3.42. The Balaban J connectivity index is 1.61. The summed E-state index contributed by atoms with van der Waals surface area (Å²) in [6, 6.07) is 5.88. The van der Waals surface area contributed by atoms with E-state index in [0.29, 0.717) is 12.2 Å². The van der Waals surface area contributed by atoms with Crippen molar-refractivity contribution in [1.82, 2.24) is 19.7 Å². The highest BCUT2D eigenvalue weighted by Gasteiger charge is 2.35. The Bertz CT molecular complexity index is 1140.